The number of carbonyl (C=O) groups excluding carboxylic acids is 4. The summed E-state index contributed by atoms with van der Waals surface area (Å²) >= 11 is 19.0. The van der Waals surface area contributed by atoms with Gasteiger partial charge in [0.05, 0.1) is 26.4 Å². The van der Waals surface area contributed by atoms with Crippen molar-refractivity contribution in [2.45, 2.75) is 505 Å². The molecule has 0 aliphatic heterocycles. The van der Waals surface area contributed by atoms with E-state index in [2.05, 4.69) is 76.3 Å². The van der Waals surface area contributed by atoms with Crippen LogP contribution in [0.5, 0.6) is 0 Å². The Morgan fingerprint density at radius 2 is 0.301 bits per heavy atom. The minimum atomic E-state index is -0.0825. The molecule has 0 unspecified atom stereocenters. The first-order valence-electron chi connectivity index (χ1n) is 46.8. The van der Waals surface area contributed by atoms with E-state index in [4.69, 9.17) is 69.5 Å². The molecule has 0 rings (SSSR count). The third-order valence-electron chi connectivity index (χ3n) is 20.0. The Morgan fingerprint density at radius 1 is 0.195 bits per heavy atom. The van der Waals surface area contributed by atoms with Crippen molar-refractivity contribution in [2.24, 2.45) is 0 Å². The summed E-state index contributed by atoms with van der Waals surface area (Å²) in [5.74, 6) is 1.67. The molecule has 0 heterocycles. The first-order valence-corrected chi connectivity index (χ1v) is 49.1. The summed E-state index contributed by atoms with van der Waals surface area (Å²) in [6.45, 7) is 10.7. The van der Waals surface area contributed by atoms with Crippen molar-refractivity contribution in [2.75, 3.05) is 49.4 Å². The average molecular weight is 1890 g/mol. The standard InChI is InChI=1S/4C24H46O2S.2CH4.H2S.2Sn/c4*1-2-3-4-5-6-7-8-9-10-11-12-13-14-15-16-17-18-19-20-21-24(25)26-22-23-27;;;;;/h4*9-10,27H,2-8,11-23H2,1H3;2*1H4;1H2;;/q;;;;;;;2*+2/p-4/b4*10-9+;;;;;. The number of esters is 4. The summed E-state index contributed by atoms with van der Waals surface area (Å²) in [5, 5.41) is 0. The topological polar surface area (TPSA) is 105 Å². The Hall–Kier alpha value is 0.187. The van der Waals surface area contributed by atoms with Gasteiger partial charge in [-0.1, -0.05) is 399 Å². The van der Waals surface area contributed by atoms with Gasteiger partial charge in [-0.2, -0.15) is 13.5 Å². The molecule has 0 aliphatic rings. The van der Waals surface area contributed by atoms with Crippen LogP contribution in [0.4, 0.5) is 0 Å². The zero-order valence-corrected chi connectivity index (χ0v) is 83.6. The van der Waals surface area contributed by atoms with Crippen molar-refractivity contribution >= 4 is 136 Å². The van der Waals surface area contributed by atoms with Crippen LogP contribution in [-0.2, 0) is 88.6 Å². The first-order chi connectivity index (χ1) is 53.2. The van der Waals surface area contributed by atoms with E-state index in [1.807, 2.05) is 0 Å². The number of allylic oxidation sites excluding steroid dienone is 8. The van der Waals surface area contributed by atoms with E-state index >= 15 is 0 Å². The van der Waals surface area contributed by atoms with Crippen molar-refractivity contribution in [3.8, 4) is 0 Å². The Labute approximate surface area is 769 Å². The maximum atomic E-state index is 11.3. The Morgan fingerprint density at radius 3 is 0.416 bits per heavy atom. The van der Waals surface area contributed by atoms with E-state index < -0.39 is 0 Å². The second-order valence-electron chi connectivity index (χ2n) is 30.7. The molecule has 0 atom stereocenters. The summed E-state index contributed by atoms with van der Waals surface area (Å²) in [5.41, 5.74) is 0. The van der Waals surface area contributed by atoms with Crippen LogP contribution >= 0.6 is 13.5 Å². The molecule has 0 aliphatic carbocycles. The van der Waals surface area contributed by atoms with E-state index in [9.17, 15) is 19.2 Å². The first kappa shape index (κ1) is 131. The van der Waals surface area contributed by atoms with Gasteiger partial charge >= 0.3 is 71.7 Å². The molecular weight excluding hydrogens is 1700 g/mol. The Balaban J connectivity index is -0.000000180. The fraction of sp³-hybridized carbons (Fsp3) is 0.878. The number of hydrogen-bond acceptors (Lipinski definition) is 12. The maximum absolute atomic E-state index is 11.3. The van der Waals surface area contributed by atoms with Gasteiger partial charge in [0.2, 0.25) is 0 Å². The van der Waals surface area contributed by atoms with E-state index in [1.165, 1.54) is 385 Å². The molecule has 0 bridgehead atoms. The molecule has 4 radical (unpaired) electrons. The van der Waals surface area contributed by atoms with Crippen molar-refractivity contribution in [1.82, 2.24) is 0 Å². The average Bonchev–Trinajstić information content (AvgIpc) is 1.34. The minimum Gasteiger partial charge on any atom is -0.789 e. The zero-order valence-electron chi connectivity index (χ0n) is 73.6. The molecule has 0 N–H and O–H groups in total. The van der Waals surface area contributed by atoms with E-state index in [0.717, 1.165) is 51.4 Å². The van der Waals surface area contributed by atoms with Crippen molar-refractivity contribution in [3.63, 3.8) is 0 Å². The SMILES string of the molecule is C.C.CCCCCCCC/C=C/CCCCCCCCCCCC(=O)OCC[S-].CCCCCCCC/C=C/CCCCCCCCCCCC(=O)OCC[S-].CCCCCCCC/C=C/CCCCCCCCCCCC(=O)OCC[S-].CCCCCCCC/C=C/CCCCCCCCCCCC(=O)OCC[S-].S.[Sn+2].[Sn+2]. The molecule has 0 aromatic heterocycles. The van der Waals surface area contributed by atoms with E-state index in [-0.39, 0.29) is 100 Å². The molecular formula is C98H190O8S5Sn2. The van der Waals surface area contributed by atoms with Gasteiger partial charge in [0, 0.05) is 25.7 Å². The monoisotopic (exact) mass is 1900 g/mol. The fourth-order valence-corrected chi connectivity index (χ4v) is 13.4. The normalized spacial score (nSPS) is 10.8. The summed E-state index contributed by atoms with van der Waals surface area (Å²) in [6.07, 6.45) is 111. The molecule has 8 nitrogen and oxygen atoms in total. The predicted molar refractivity (Wildman–Crippen MR) is 520 cm³/mol. The van der Waals surface area contributed by atoms with Gasteiger partial charge in [-0.3, -0.25) is 19.2 Å². The van der Waals surface area contributed by atoms with Gasteiger partial charge < -0.3 is 69.5 Å². The smallest absolute Gasteiger partial charge is 0.789 e. The predicted octanol–water partition coefficient (Wildman–Crippen LogP) is 31.3. The van der Waals surface area contributed by atoms with Crippen LogP contribution < -0.4 is 0 Å². The van der Waals surface area contributed by atoms with Crippen molar-refractivity contribution in [1.29, 1.82) is 0 Å². The van der Waals surface area contributed by atoms with Crippen molar-refractivity contribution in [3.05, 3.63) is 48.6 Å². The van der Waals surface area contributed by atoms with Gasteiger partial charge in [-0.25, -0.2) is 0 Å². The molecule has 0 aromatic carbocycles. The van der Waals surface area contributed by atoms with E-state index in [0.29, 0.717) is 75.1 Å². The maximum Gasteiger partial charge on any atom is 2.00 e. The van der Waals surface area contributed by atoms with Crippen LogP contribution in [0, 0.1) is 0 Å². The number of ether oxygens (including phenoxy) is 4. The summed E-state index contributed by atoms with van der Waals surface area (Å²) < 4.78 is 19.9. The Kier molecular flexibility index (Phi) is 148. The number of rotatable bonds is 84. The second-order valence-corrected chi connectivity index (χ2v) is 32.3. The summed E-state index contributed by atoms with van der Waals surface area (Å²) in [6, 6.07) is 0. The van der Waals surface area contributed by atoms with Crippen molar-refractivity contribution < 1.29 is 38.1 Å². The molecule has 0 fully saturated rings. The molecule has 0 saturated carbocycles. The van der Waals surface area contributed by atoms with Crippen LogP contribution in [-0.4, -0.2) is 121 Å². The number of hydrogen-bond donors (Lipinski definition) is 0. The zero-order chi connectivity index (χ0) is 79.4. The van der Waals surface area contributed by atoms with Gasteiger partial charge in [0.1, 0.15) is 0 Å². The fourth-order valence-electron chi connectivity index (χ4n) is 13.1. The van der Waals surface area contributed by atoms with Gasteiger partial charge in [0.15, 0.2) is 0 Å². The Bertz CT molecular complexity index is 1590. The van der Waals surface area contributed by atoms with Gasteiger partial charge in [-0.05, 0) is 128 Å². The molecule has 0 saturated heterocycles. The molecule has 15 heteroatoms. The van der Waals surface area contributed by atoms with Crippen LogP contribution in [0.3, 0.4) is 0 Å². The van der Waals surface area contributed by atoms with Crippen LogP contribution in [0.1, 0.15) is 505 Å². The van der Waals surface area contributed by atoms with Crippen LogP contribution in [0.2, 0.25) is 0 Å². The minimum absolute atomic E-state index is 0. The second kappa shape index (κ2) is 128. The summed E-state index contributed by atoms with van der Waals surface area (Å²) in [7, 11) is 0. The molecule has 0 amide bonds. The summed E-state index contributed by atoms with van der Waals surface area (Å²) in [4.78, 5) is 45.2. The quantitative estimate of drug-likeness (QED) is 0.0145. The van der Waals surface area contributed by atoms with Crippen LogP contribution in [0.15, 0.2) is 48.6 Å². The molecule has 0 aromatic rings. The molecule has 113 heavy (non-hydrogen) atoms. The van der Waals surface area contributed by atoms with Crippen LogP contribution in [0.25, 0.3) is 0 Å². The largest absolute Gasteiger partial charge is 2.00 e. The number of carbonyl (C=O) groups is 4. The van der Waals surface area contributed by atoms with E-state index in [1.54, 1.807) is 0 Å². The molecule has 668 valence electrons. The third kappa shape index (κ3) is 136. The van der Waals surface area contributed by atoms with Gasteiger partial charge in [0.25, 0.3) is 0 Å². The van der Waals surface area contributed by atoms with Gasteiger partial charge in [-0.15, -0.1) is 23.0 Å². The third-order valence-corrected chi connectivity index (χ3v) is 20.6. The number of unbranched alkanes of at least 4 members (excludes halogenated alkanes) is 60. The molecule has 0 spiro atoms.